The number of hydrogen-bond acceptors (Lipinski definition) is 13. The largest absolute Gasteiger partial charge is 0.534 e. The molecule has 5 rings (SSSR count). The molecule has 0 saturated carbocycles. The quantitative estimate of drug-likeness (QED) is 0.170. The van der Waals surface area contributed by atoms with Gasteiger partial charge in [0.25, 0.3) is 0 Å². The topological polar surface area (TPSA) is 189 Å². The van der Waals surface area contributed by atoms with Gasteiger partial charge in [0, 0.05) is 23.3 Å². The molecule has 45 heavy (non-hydrogen) atoms. The predicted molar refractivity (Wildman–Crippen MR) is 131 cm³/mol. The molecule has 0 fully saturated rings. The van der Waals surface area contributed by atoms with Crippen molar-refractivity contribution < 1.29 is 85.6 Å². The van der Waals surface area contributed by atoms with Crippen LogP contribution in [0.5, 0.6) is 34.5 Å². The highest BCUT2D eigenvalue weighted by Gasteiger charge is 2.59. The van der Waals surface area contributed by atoms with Crippen molar-refractivity contribution in [2.45, 2.75) is 16.6 Å². The second-order valence-electron chi connectivity index (χ2n) is 8.97. The lowest BCUT2D eigenvalue weighted by atomic mass is 9.76. The molecule has 0 bridgehead atoms. The molecule has 240 valence electrons. The van der Waals surface area contributed by atoms with Gasteiger partial charge in [-0.15, -0.1) is 0 Å². The van der Waals surface area contributed by atoms with Crippen LogP contribution in [0, 0.1) is 0 Å². The van der Waals surface area contributed by atoms with Crippen molar-refractivity contribution in [2.24, 2.45) is 0 Å². The molecule has 2 aliphatic heterocycles. The lowest BCUT2D eigenvalue weighted by molar-refractivity contribution is -0.0514. The molecule has 1 unspecified atom stereocenters. The highest BCUT2D eigenvalue weighted by atomic mass is 32.2. The molecule has 0 amide bonds. The summed E-state index contributed by atoms with van der Waals surface area (Å²) in [4.78, 5) is 25.5. The Balaban J connectivity index is 1.98. The fourth-order valence-electron chi connectivity index (χ4n) is 4.55. The van der Waals surface area contributed by atoms with Gasteiger partial charge < -0.3 is 32.8 Å². The number of phenolic OH excluding ortho intramolecular Hbond substituents is 2. The molecule has 21 heteroatoms. The molecule has 2 aliphatic rings. The standard InChI is InChI=1S/C24H12F6O13S2/c1-39-20(33)10-6-12-15(7-13(10)31)40-16-8-14(32)18(42-44(35,36)23(25,26)27)19(43-45(37,38)24(28,29)30)17(16)22(12)11-5-3-2-4-9(11)21(34)41-22/h2-8,31-32H,1H3. The molecule has 2 N–H and O–H groups in total. The second-order valence-corrected chi connectivity index (χ2v) is 12.0. The predicted octanol–water partition coefficient (Wildman–Crippen LogP) is 3.91. The molecule has 2 heterocycles. The van der Waals surface area contributed by atoms with Crippen LogP contribution >= 0.6 is 0 Å². The number of esters is 2. The van der Waals surface area contributed by atoms with Gasteiger partial charge in [-0.2, -0.15) is 43.2 Å². The SMILES string of the molecule is COC(=O)c1cc2c(cc1O)Oc1cc(O)c(OS(=O)(=O)C(F)(F)F)c(OS(=O)(=O)C(F)(F)F)c1C21OC(=O)c2ccccc21. The van der Waals surface area contributed by atoms with Crippen LogP contribution in [0.2, 0.25) is 0 Å². The summed E-state index contributed by atoms with van der Waals surface area (Å²) in [6, 6.07) is 6.46. The maximum atomic E-state index is 13.5. The van der Waals surface area contributed by atoms with Gasteiger partial charge in [-0.3, -0.25) is 0 Å². The van der Waals surface area contributed by atoms with Crippen LogP contribution < -0.4 is 13.1 Å². The second kappa shape index (κ2) is 9.79. The third kappa shape index (κ3) is 4.69. The van der Waals surface area contributed by atoms with Crippen LogP contribution in [0.3, 0.4) is 0 Å². The van der Waals surface area contributed by atoms with Crippen molar-refractivity contribution >= 4 is 32.2 Å². The van der Waals surface area contributed by atoms with Gasteiger partial charge in [0.05, 0.1) is 18.2 Å². The van der Waals surface area contributed by atoms with Crippen LogP contribution in [0.25, 0.3) is 0 Å². The molecule has 0 radical (unpaired) electrons. The Hall–Kier alpha value is -4.92. The summed E-state index contributed by atoms with van der Waals surface area (Å²) in [5, 5.41) is 20.9. The highest BCUT2D eigenvalue weighted by molar-refractivity contribution is 7.88. The van der Waals surface area contributed by atoms with E-state index in [0.29, 0.717) is 0 Å². The number of methoxy groups -OCH3 is 1. The summed E-state index contributed by atoms with van der Waals surface area (Å²) in [5.74, 6) is -10.9. The van der Waals surface area contributed by atoms with E-state index in [1.807, 2.05) is 0 Å². The zero-order valence-corrected chi connectivity index (χ0v) is 23.1. The molecule has 0 aromatic heterocycles. The van der Waals surface area contributed by atoms with Gasteiger partial charge in [0.1, 0.15) is 22.8 Å². The summed E-state index contributed by atoms with van der Waals surface area (Å²) in [6.07, 6.45) is 0. The number of carbonyl (C=O) groups excluding carboxylic acids is 2. The van der Waals surface area contributed by atoms with E-state index in [1.165, 1.54) is 12.1 Å². The Morgan fingerprint density at radius 1 is 0.822 bits per heavy atom. The first-order valence-corrected chi connectivity index (χ1v) is 14.4. The third-order valence-corrected chi connectivity index (χ3v) is 8.27. The van der Waals surface area contributed by atoms with E-state index in [2.05, 4.69) is 13.1 Å². The summed E-state index contributed by atoms with van der Waals surface area (Å²) in [7, 11) is -12.9. The number of phenols is 2. The lowest BCUT2D eigenvalue weighted by Gasteiger charge is -2.38. The van der Waals surface area contributed by atoms with Gasteiger partial charge in [-0.05, 0) is 12.1 Å². The highest BCUT2D eigenvalue weighted by Crippen LogP contribution is 2.63. The first kappa shape index (κ1) is 31.5. The Kier molecular flexibility index (Phi) is 6.85. The number of hydrogen-bond donors (Lipinski definition) is 2. The Bertz CT molecular complexity index is 2020. The van der Waals surface area contributed by atoms with E-state index in [1.54, 1.807) is 0 Å². The summed E-state index contributed by atoms with van der Waals surface area (Å²) in [6.45, 7) is 0. The van der Waals surface area contributed by atoms with Crippen LogP contribution in [0.15, 0.2) is 42.5 Å². The molecular weight excluding hydrogens is 674 g/mol. The van der Waals surface area contributed by atoms with Crippen molar-refractivity contribution in [1.29, 1.82) is 0 Å². The average Bonchev–Trinajstić information content (AvgIpc) is 3.21. The molecular formula is C24H12F6O13S2. The van der Waals surface area contributed by atoms with Gasteiger partial charge in [0.15, 0.2) is 11.4 Å². The summed E-state index contributed by atoms with van der Waals surface area (Å²) < 4.78 is 152. The van der Waals surface area contributed by atoms with Crippen molar-refractivity contribution in [2.75, 3.05) is 7.11 Å². The number of alkyl halides is 6. The summed E-state index contributed by atoms with van der Waals surface area (Å²) >= 11 is 0. The van der Waals surface area contributed by atoms with Crippen LogP contribution in [0.1, 0.15) is 37.4 Å². The number of benzene rings is 3. The number of aromatic hydroxyl groups is 2. The molecule has 1 spiro atoms. The van der Waals surface area contributed by atoms with Crippen molar-refractivity contribution in [3.8, 4) is 34.5 Å². The molecule has 3 aromatic carbocycles. The minimum atomic E-state index is -6.94. The van der Waals surface area contributed by atoms with Crippen LogP contribution in [-0.4, -0.2) is 57.1 Å². The van der Waals surface area contributed by atoms with Gasteiger partial charge >= 0.3 is 43.2 Å². The minimum absolute atomic E-state index is 0.286. The first-order valence-electron chi connectivity index (χ1n) is 11.5. The van der Waals surface area contributed by atoms with Crippen LogP contribution in [-0.2, 0) is 35.3 Å². The molecule has 13 nitrogen and oxygen atoms in total. The summed E-state index contributed by atoms with van der Waals surface area (Å²) in [5.41, 5.74) is -18.7. The van der Waals surface area contributed by atoms with E-state index in [-0.39, 0.29) is 17.2 Å². The van der Waals surface area contributed by atoms with Gasteiger partial charge in [-0.1, -0.05) is 18.2 Å². The lowest BCUT2D eigenvalue weighted by Crippen LogP contribution is -2.36. The fourth-order valence-corrected chi connectivity index (χ4v) is 5.50. The van der Waals surface area contributed by atoms with Gasteiger partial charge in [0.2, 0.25) is 11.5 Å². The van der Waals surface area contributed by atoms with E-state index < -0.39 is 100.0 Å². The van der Waals surface area contributed by atoms with Crippen molar-refractivity contribution in [3.05, 3.63) is 70.3 Å². The monoisotopic (exact) mass is 686 g/mol. The third-order valence-electron chi connectivity index (χ3n) is 6.36. The number of halogens is 6. The Labute approximate surface area is 246 Å². The van der Waals surface area contributed by atoms with Crippen LogP contribution in [0.4, 0.5) is 26.3 Å². The molecule has 0 saturated heterocycles. The Morgan fingerprint density at radius 2 is 1.38 bits per heavy atom. The van der Waals surface area contributed by atoms with Gasteiger partial charge in [-0.25, -0.2) is 9.59 Å². The maximum Gasteiger partial charge on any atom is 0.534 e. The molecule has 3 aromatic rings. The smallest absolute Gasteiger partial charge is 0.507 e. The van der Waals surface area contributed by atoms with Crippen molar-refractivity contribution in [3.63, 3.8) is 0 Å². The van der Waals surface area contributed by atoms with E-state index >= 15 is 0 Å². The van der Waals surface area contributed by atoms with E-state index in [9.17, 15) is 63.0 Å². The number of fused-ring (bicyclic) bond motifs is 6. The maximum absolute atomic E-state index is 13.5. The normalized spacial score (nSPS) is 17.4. The van der Waals surface area contributed by atoms with E-state index in [4.69, 9.17) is 9.47 Å². The average molecular weight is 686 g/mol. The Morgan fingerprint density at radius 3 is 1.96 bits per heavy atom. The first-order chi connectivity index (χ1) is 20.7. The fraction of sp³-hybridized carbons (Fsp3) is 0.167. The molecule has 1 atom stereocenters. The minimum Gasteiger partial charge on any atom is -0.507 e. The molecule has 0 aliphatic carbocycles. The zero-order chi connectivity index (χ0) is 33.5. The zero-order valence-electron chi connectivity index (χ0n) is 21.5. The number of ether oxygens (including phenoxy) is 3. The van der Waals surface area contributed by atoms with Crippen molar-refractivity contribution in [1.82, 2.24) is 0 Å². The van der Waals surface area contributed by atoms with E-state index in [0.717, 1.165) is 31.4 Å². The number of rotatable bonds is 5. The number of carbonyl (C=O) groups is 2.